The van der Waals surface area contributed by atoms with Crippen molar-refractivity contribution in [2.45, 2.75) is 0 Å². The Morgan fingerprint density at radius 3 is 2.61 bits per heavy atom. The van der Waals surface area contributed by atoms with Gasteiger partial charge in [0.25, 0.3) is 0 Å². The molecule has 0 fully saturated rings. The molecule has 0 radical (unpaired) electrons. The number of methoxy groups -OCH3 is 1. The lowest BCUT2D eigenvalue weighted by Gasteiger charge is -2.08. The predicted molar refractivity (Wildman–Crippen MR) is 73.3 cm³/mol. The van der Waals surface area contributed by atoms with Crippen LogP contribution in [0.25, 0.3) is 11.1 Å². The van der Waals surface area contributed by atoms with Gasteiger partial charge in [-0.25, -0.2) is 4.79 Å². The highest BCUT2D eigenvalue weighted by Crippen LogP contribution is 2.39. The smallest absolute Gasteiger partial charge is 0.346 e. The fourth-order valence-electron chi connectivity index (χ4n) is 1.58. The molecule has 0 saturated carbocycles. The Kier molecular flexibility index (Phi) is 3.80. The van der Waals surface area contributed by atoms with E-state index in [4.69, 9.17) is 33.0 Å². The molecule has 1 N–H and O–H groups in total. The first-order valence-electron chi connectivity index (χ1n) is 4.88. The lowest BCUT2D eigenvalue weighted by molar-refractivity contribution is 0.0703. The standard InChI is InChI=1S/C12H8Cl2O3S/c1-17-10-5-8(13)7(4-9(10)14)6-2-3-18-11(6)12(15)16/h2-5H,1H3,(H,15,16). The second-order valence-electron chi connectivity index (χ2n) is 3.44. The molecule has 0 saturated heterocycles. The summed E-state index contributed by atoms with van der Waals surface area (Å²) in [5.41, 5.74) is 1.14. The van der Waals surface area contributed by atoms with Crippen molar-refractivity contribution in [1.29, 1.82) is 0 Å². The van der Waals surface area contributed by atoms with E-state index < -0.39 is 5.97 Å². The zero-order valence-electron chi connectivity index (χ0n) is 9.24. The number of ether oxygens (including phenoxy) is 1. The van der Waals surface area contributed by atoms with Crippen molar-refractivity contribution in [3.63, 3.8) is 0 Å². The van der Waals surface area contributed by atoms with E-state index in [-0.39, 0.29) is 4.88 Å². The molecule has 2 aromatic rings. The van der Waals surface area contributed by atoms with Crippen LogP contribution in [0.15, 0.2) is 23.6 Å². The molecule has 3 nitrogen and oxygen atoms in total. The van der Waals surface area contributed by atoms with Gasteiger partial charge < -0.3 is 9.84 Å². The Balaban J connectivity index is 2.61. The van der Waals surface area contributed by atoms with Crippen molar-refractivity contribution in [3.8, 4) is 16.9 Å². The Hall–Kier alpha value is -1.23. The van der Waals surface area contributed by atoms with Gasteiger partial charge in [0.1, 0.15) is 10.6 Å². The molecule has 1 aromatic heterocycles. The van der Waals surface area contributed by atoms with E-state index in [0.29, 0.717) is 26.9 Å². The number of hydrogen-bond donors (Lipinski definition) is 1. The van der Waals surface area contributed by atoms with Crippen molar-refractivity contribution >= 4 is 40.5 Å². The number of aromatic carboxylic acids is 1. The fourth-order valence-corrected chi connectivity index (χ4v) is 2.82. The molecule has 0 aliphatic carbocycles. The van der Waals surface area contributed by atoms with Crippen molar-refractivity contribution in [2.24, 2.45) is 0 Å². The largest absolute Gasteiger partial charge is 0.495 e. The molecule has 1 aromatic carbocycles. The summed E-state index contributed by atoms with van der Waals surface area (Å²) in [5.74, 6) is -0.527. The number of thiophene rings is 1. The average molecular weight is 303 g/mol. The third-order valence-corrected chi connectivity index (χ3v) is 3.90. The van der Waals surface area contributed by atoms with Crippen LogP contribution >= 0.6 is 34.5 Å². The number of carbonyl (C=O) groups is 1. The highest BCUT2D eigenvalue weighted by atomic mass is 35.5. The topological polar surface area (TPSA) is 46.5 Å². The van der Waals surface area contributed by atoms with Crippen molar-refractivity contribution in [3.05, 3.63) is 38.5 Å². The minimum atomic E-state index is -0.983. The van der Waals surface area contributed by atoms with Gasteiger partial charge in [0.05, 0.1) is 17.2 Å². The molecule has 0 unspecified atom stereocenters. The Morgan fingerprint density at radius 1 is 1.28 bits per heavy atom. The second kappa shape index (κ2) is 5.18. The van der Waals surface area contributed by atoms with Gasteiger partial charge in [-0.15, -0.1) is 11.3 Å². The predicted octanol–water partition coefficient (Wildman–Crippen LogP) is 4.43. The summed E-state index contributed by atoms with van der Waals surface area (Å²) < 4.78 is 5.05. The molecule has 0 bridgehead atoms. The molecule has 2 rings (SSSR count). The molecule has 94 valence electrons. The number of hydrogen-bond acceptors (Lipinski definition) is 3. The number of carboxylic acid groups (broad SMARTS) is 1. The van der Waals surface area contributed by atoms with Crippen LogP contribution in [-0.2, 0) is 0 Å². The maximum Gasteiger partial charge on any atom is 0.346 e. The van der Waals surface area contributed by atoms with Crippen LogP contribution in [0.5, 0.6) is 5.75 Å². The lowest BCUT2D eigenvalue weighted by atomic mass is 10.1. The van der Waals surface area contributed by atoms with Gasteiger partial charge in [0.2, 0.25) is 0 Å². The van der Waals surface area contributed by atoms with E-state index in [1.54, 1.807) is 23.6 Å². The van der Waals surface area contributed by atoms with Crippen molar-refractivity contribution < 1.29 is 14.6 Å². The van der Waals surface area contributed by atoms with E-state index in [9.17, 15) is 4.79 Å². The molecule has 0 atom stereocenters. The van der Waals surface area contributed by atoms with Crippen LogP contribution in [0.1, 0.15) is 9.67 Å². The second-order valence-corrected chi connectivity index (χ2v) is 5.17. The van der Waals surface area contributed by atoms with Gasteiger partial charge >= 0.3 is 5.97 Å². The first-order valence-corrected chi connectivity index (χ1v) is 6.52. The van der Waals surface area contributed by atoms with E-state index in [0.717, 1.165) is 11.3 Å². The normalized spacial score (nSPS) is 10.4. The van der Waals surface area contributed by atoms with E-state index in [1.165, 1.54) is 7.11 Å². The third kappa shape index (κ3) is 2.32. The van der Waals surface area contributed by atoms with Crippen LogP contribution in [0.4, 0.5) is 0 Å². The monoisotopic (exact) mass is 302 g/mol. The maximum absolute atomic E-state index is 11.1. The fraction of sp³-hybridized carbons (Fsp3) is 0.0833. The van der Waals surface area contributed by atoms with E-state index in [2.05, 4.69) is 0 Å². The lowest BCUT2D eigenvalue weighted by Crippen LogP contribution is -1.95. The van der Waals surface area contributed by atoms with Crippen LogP contribution in [-0.4, -0.2) is 18.2 Å². The highest BCUT2D eigenvalue weighted by molar-refractivity contribution is 7.12. The number of carboxylic acids is 1. The Bertz CT molecular complexity index is 607. The first-order chi connectivity index (χ1) is 8.54. The molecule has 6 heteroatoms. The summed E-state index contributed by atoms with van der Waals surface area (Å²) in [4.78, 5) is 11.3. The van der Waals surface area contributed by atoms with Crippen LogP contribution in [0, 0.1) is 0 Å². The maximum atomic E-state index is 11.1. The zero-order valence-corrected chi connectivity index (χ0v) is 11.6. The SMILES string of the molecule is COc1cc(Cl)c(-c2ccsc2C(=O)O)cc1Cl. The molecule has 0 aliphatic heterocycles. The van der Waals surface area contributed by atoms with Gasteiger partial charge in [-0.05, 0) is 17.5 Å². The van der Waals surface area contributed by atoms with Gasteiger partial charge in [0.15, 0.2) is 0 Å². The summed E-state index contributed by atoms with van der Waals surface area (Å²) in [6.45, 7) is 0. The molecular weight excluding hydrogens is 295 g/mol. The molecule has 0 amide bonds. The van der Waals surface area contributed by atoms with Crippen molar-refractivity contribution in [1.82, 2.24) is 0 Å². The van der Waals surface area contributed by atoms with Crippen LogP contribution < -0.4 is 4.74 Å². The minimum Gasteiger partial charge on any atom is -0.495 e. The van der Waals surface area contributed by atoms with Gasteiger partial charge in [-0.1, -0.05) is 23.2 Å². The van der Waals surface area contributed by atoms with Gasteiger partial charge in [-0.2, -0.15) is 0 Å². The molecule has 0 spiro atoms. The minimum absolute atomic E-state index is 0.234. The van der Waals surface area contributed by atoms with Gasteiger partial charge in [-0.3, -0.25) is 0 Å². The van der Waals surface area contributed by atoms with Crippen LogP contribution in [0.2, 0.25) is 10.0 Å². The zero-order chi connectivity index (χ0) is 13.3. The number of benzene rings is 1. The molecule has 0 aliphatic rings. The van der Waals surface area contributed by atoms with Gasteiger partial charge in [0, 0.05) is 17.2 Å². The summed E-state index contributed by atoms with van der Waals surface area (Å²) in [5, 5.41) is 11.6. The van der Waals surface area contributed by atoms with Crippen LogP contribution in [0.3, 0.4) is 0 Å². The Morgan fingerprint density at radius 2 is 2.00 bits per heavy atom. The average Bonchev–Trinajstić information content (AvgIpc) is 2.80. The third-order valence-electron chi connectivity index (χ3n) is 2.39. The molecule has 18 heavy (non-hydrogen) atoms. The molecule has 1 heterocycles. The highest BCUT2D eigenvalue weighted by Gasteiger charge is 2.17. The summed E-state index contributed by atoms with van der Waals surface area (Å²) >= 11 is 13.3. The summed E-state index contributed by atoms with van der Waals surface area (Å²) in [6, 6.07) is 4.89. The van der Waals surface area contributed by atoms with E-state index in [1.807, 2.05) is 0 Å². The summed E-state index contributed by atoms with van der Waals surface area (Å²) in [7, 11) is 1.49. The summed E-state index contributed by atoms with van der Waals surface area (Å²) in [6.07, 6.45) is 0. The van der Waals surface area contributed by atoms with E-state index >= 15 is 0 Å². The molecular formula is C12H8Cl2O3S. The number of halogens is 2. The Labute approximate surface area is 118 Å². The quantitative estimate of drug-likeness (QED) is 0.912. The van der Waals surface area contributed by atoms with Crippen molar-refractivity contribution in [2.75, 3.05) is 7.11 Å². The first kappa shape index (κ1) is 13.2. The number of rotatable bonds is 3.